The highest BCUT2D eigenvalue weighted by Gasteiger charge is 2.27. The second kappa shape index (κ2) is 7.63. The summed E-state index contributed by atoms with van der Waals surface area (Å²) in [7, 11) is 0. The fourth-order valence-corrected chi connectivity index (χ4v) is 3.84. The molecule has 0 aliphatic heterocycles. The second-order valence-corrected chi connectivity index (χ2v) is 8.72. The minimum atomic E-state index is -0.485. The second-order valence-electron chi connectivity index (χ2n) is 8.31. The number of anilines is 2. The van der Waals surface area contributed by atoms with Crippen molar-refractivity contribution in [3.63, 3.8) is 0 Å². The molecule has 1 amide bonds. The summed E-state index contributed by atoms with van der Waals surface area (Å²) in [6, 6.07) is 6.29. The van der Waals surface area contributed by atoms with E-state index in [2.05, 4.69) is 39.4 Å². The monoisotopic (exact) mass is 415 g/mol. The molecular weight excluding hydrogens is 393 g/mol. The number of aromatic nitrogens is 3. The number of fused-ring (bicyclic) bond motifs is 1. The van der Waals surface area contributed by atoms with E-state index in [-0.39, 0.29) is 22.7 Å². The fraction of sp³-hybridized carbons (Fsp3) is 0.381. The number of benzene rings is 1. The maximum absolute atomic E-state index is 14.0. The molecule has 152 valence electrons. The van der Waals surface area contributed by atoms with E-state index in [9.17, 15) is 9.18 Å². The highest BCUT2D eigenvalue weighted by atomic mass is 35.5. The van der Waals surface area contributed by atoms with Crippen LogP contribution in [0.1, 0.15) is 49.9 Å². The lowest BCUT2D eigenvalue weighted by Gasteiger charge is -2.34. The molecule has 0 bridgehead atoms. The molecule has 3 N–H and O–H groups in total. The van der Waals surface area contributed by atoms with Crippen LogP contribution in [0, 0.1) is 11.2 Å². The van der Waals surface area contributed by atoms with Gasteiger partial charge in [0.05, 0.1) is 16.3 Å². The van der Waals surface area contributed by atoms with Gasteiger partial charge in [-0.15, -0.1) is 0 Å². The average Bonchev–Trinajstić information content (AvgIpc) is 3.08. The molecule has 4 rings (SSSR count). The van der Waals surface area contributed by atoms with E-state index in [0.29, 0.717) is 28.1 Å². The van der Waals surface area contributed by atoms with Gasteiger partial charge >= 0.3 is 0 Å². The lowest BCUT2D eigenvalue weighted by molar-refractivity contribution is 0.0909. The Kier molecular flexibility index (Phi) is 5.17. The summed E-state index contributed by atoms with van der Waals surface area (Å²) in [6.07, 6.45) is 5.68. The largest absolute Gasteiger partial charge is 0.349 e. The SMILES string of the molecule is CC1(C)CCC(NC(=O)c2cnc3[nH]c(Nc4c(F)cccc4Cl)nc3c2)CC1. The molecule has 2 heterocycles. The molecule has 0 unspecified atom stereocenters. The van der Waals surface area contributed by atoms with Crippen LogP contribution in [0.4, 0.5) is 16.0 Å². The molecule has 1 aromatic carbocycles. The summed E-state index contributed by atoms with van der Waals surface area (Å²) < 4.78 is 14.0. The van der Waals surface area contributed by atoms with Gasteiger partial charge in [0.15, 0.2) is 5.65 Å². The van der Waals surface area contributed by atoms with Gasteiger partial charge in [-0.05, 0) is 49.3 Å². The van der Waals surface area contributed by atoms with Crippen LogP contribution >= 0.6 is 11.6 Å². The smallest absolute Gasteiger partial charge is 0.253 e. The third kappa shape index (κ3) is 4.34. The Hall–Kier alpha value is -2.67. The topological polar surface area (TPSA) is 82.7 Å². The van der Waals surface area contributed by atoms with Crippen molar-refractivity contribution < 1.29 is 9.18 Å². The first kappa shape index (κ1) is 19.6. The van der Waals surface area contributed by atoms with Crippen LogP contribution in [0.2, 0.25) is 5.02 Å². The summed E-state index contributed by atoms with van der Waals surface area (Å²) in [5, 5.41) is 6.18. The van der Waals surface area contributed by atoms with E-state index in [1.54, 1.807) is 12.1 Å². The van der Waals surface area contributed by atoms with Crippen molar-refractivity contribution in [2.75, 3.05) is 5.32 Å². The number of imidazole rings is 1. The number of carbonyl (C=O) groups excluding carboxylic acids is 1. The number of rotatable bonds is 4. The molecule has 2 aromatic heterocycles. The van der Waals surface area contributed by atoms with Gasteiger partial charge in [0.1, 0.15) is 11.3 Å². The zero-order valence-corrected chi connectivity index (χ0v) is 17.1. The van der Waals surface area contributed by atoms with E-state index in [4.69, 9.17) is 11.6 Å². The molecule has 29 heavy (non-hydrogen) atoms. The zero-order valence-electron chi connectivity index (χ0n) is 16.4. The summed E-state index contributed by atoms with van der Waals surface area (Å²) >= 11 is 6.04. The van der Waals surface area contributed by atoms with Crippen molar-refractivity contribution in [1.29, 1.82) is 0 Å². The van der Waals surface area contributed by atoms with Crippen molar-refractivity contribution in [2.45, 2.75) is 45.6 Å². The Bertz CT molecular complexity index is 1030. The molecule has 0 saturated heterocycles. The number of aromatic amines is 1. The molecule has 0 radical (unpaired) electrons. The maximum Gasteiger partial charge on any atom is 0.253 e. The Morgan fingerprint density at radius 3 is 2.79 bits per heavy atom. The van der Waals surface area contributed by atoms with Crippen LogP contribution in [0.15, 0.2) is 30.5 Å². The fourth-order valence-electron chi connectivity index (χ4n) is 3.63. The van der Waals surface area contributed by atoms with Crippen LogP contribution in [0.5, 0.6) is 0 Å². The van der Waals surface area contributed by atoms with Crippen LogP contribution in [-0.2, 0) is 0 Å². The van der Waals surface area contributed by atoms with E-state index >= 15 is 0 Å². The van der Waals surface area contributed by atoms with Gasteiger partial charge in [0.2, 0.25) is 5.95 Å². The zero-order chi connectivity index (χ0) is 20.6. The first-order valence-corrected chi connectivity index (χ1v) is 10.1. The van der Waals surface area contributed by atoms with Gasteiger partial charge < -0.3 is 15.6 Å². The molecule has 0 atom stereocenters. The van der Waals surface area contributed by atoms with Crippen molar-refractivity contribution in [2.24, 2.45) is 5.41 Å². The van der Waals surface area contributed by atoms with Crippen molar-refractivity contribution in [3.05, 3.63) is 46.9 Å². The molecule has 3 aromatic rings. The van der Waals surface area contributed by atoms with Gasteiger partial charge in [-0.1, -0.05) is 31.5 Å². The van der Waals surface area contributed by atoms with Gasteiger partial charge in [-0.3, -0.25) is 4.79 Å². The lowest BCUT2D eigenvalue weighted by Crippen LogP contribution is -2.39. The van der Waals surface area contributed by atoms with E-state index in [1.807, 2.05) is 0 Å². The first-order chi connectivity index (χ1) is 13.8. The standard InChI is InChI=1S/C21H23ClFN5O/c1-21(2)8-6-13(7-9-21)25-19(29)12-10-16-18(24-11-12)28-20(26-16)27-17-14(22)4-3-5-15(17)23/h3-5,10-11,13H,6-9H2,1-2H3,(H,25,29)(H2,24,26,27,28). The highest BCUT2D eigenvalue weighted by molar-refractivity contribution is 6.33. The number of hydrogen-bond donors (Lipinski definition) is 3. The predicted molar refractivity (Wildman–Crippen MR) is 112 cm³/mol. The Balaban J connectivity index is 1.49. The summed E-state index contributed by atoms with van der Waals surface area (Å²) in [6.45, 7) is 4.53. The Morgan fingerprint density at radius 1 is 1.31 bits per heavy atom. The Labute approximate surface area is 173 Å². The molecular formula is C21H23ClFN5O. The van der Waals surface area contributed by atoms with Gasteiger partial charge in [-0.25, -0.2) is 14.4 Å². The quantitative estimate of drug-likeness (QED) is 0.547. The molecule has 8 heteroatoms. The van der Waals surface area contributed by atoms with Crippen LogP contribution in [0.25, 0.3) is 11.2 Å². The van der Waals surface area contributed by atoms with E-state index < -0.39 is 5.82 Å². The van der Waals surface area contributed by atoms with Crippen LogP contribution in [-0.4, -0.2) is 26.9 Å². The van der Waals surface area contributed by atoms with Crippen molar-refractivity contribution >= 4 is 40.3 Å². The number of nitrogens with one attached hydrogen (secondary N) is 3. The molecule has 1 fully saturated rings. The normalized spacial score (nSPS) is 16.7. The highest BCUT2D eigenvalue weighted by Crippen LogP contribution is 2.35. The minimum absolute atomic E-state index is 0.131. The third-order valence-corrected chi connectivity index (χ3v) is 5.79. The summed E-state index contributed by atoms with van der Waals surface area (Å²) in [5.74, 6) is -0.341. The molecule has 1 aliphatic rings. The summed E-state index contributed by atoms with van der Waals surface area (Å²) in [5.41, 5.74) is 1.94. The van der Waals surface area contributed by atoms with Crippen LogP contribution in [0.3, 0.4) is 0 Å². The molecule has 1 saturated carbocycles. The average molecular weight is 416 g/mol. The minimum Gasteiger partial charge on any atom is -0.349 e. The lowest BCUT2D eigenvalue weighted by atomic mass is 9.75. The van der Waals surface area contributed by atoms with E-state index in [1.165, 1.54) is 18.3 Å². The molecule has 0 spiro atoms. The number of nitrogens with zero attached hydrogens (tertiary/aromatic N) is 2. The number of hydrogen-bond acceptors (Lipinski definition) is 4. The third-order valence-electron chi connectivity index (χ3n) is 5.48. The number of pyridine rings is 1. The Morgan fingerprint density at radius 2 is 2.07 bits per heavy atom. The van der Waals surface area contributed by atoms with Crippen LogP contribution < -0.4 is 10.6 Å². The van der Waals surface area contributed by atoms with E-state index in [0.717, 1.165) is 25.7 Å². The predicted octanol–water partition coefficient (Wildman–Crippen LogP) is 5.19. The van der Waals surface area contributed by atoms with Crippen molar-refractivity contribution in [3.8, 4) is 0 Å². The number of amides is 1. The van der Waals surface area contributed by atoms with Gasteiger partial charge in [-0.2, -0.15) is 0 Å². The van der Waals surface area contributed by atoms with Gasteiger partial charge in [0.25, 0.3) is 5.91 Å². The molecule has 1 aliphatic carbocycles. The number of H-pyrrole nitrogens is 1. The summed E-state index contributed by atoms with van der Waals surface area (Å²) in [4.78, 5) is 24.2. The number of para-hydroxylation sites is 1. The number of halogens is 2. The maximum atomic E-state index is 14.0. The van der Waals surface area contributed by atoms with Gasteiger partial charge in [0, 0.05) is 12.2 Å². The molecule has 6 nitrogen and oxygen atoms in total. The first-order valence-electron chi connectivity index (χ1n) is 9.68. The number of carbonyl (C=O) groups is 1. The van der Waals surface area contributed by atoms with Crippen molar-refractivity contribution in [1.82, 2.24) is 20.3 Å².